The number of para-hydroxylation sites is 2. The summed E-state index contributed by atoms with van der Waals surface area (Å²) in [6, 6.07) is 57.9. The van der Waals surface area contributed by atoms with Gasteiger partial charge in [-0.25, -0.2) is 0 Å². The van der Waals surface area contributed by atoms with Crippen molar-refractivity contribution in [2.24, 2.45) is 0 Å². The first-order chi connectivity index (χ1) is 25.3. The van der Waals surface area contributed by atoms with Gasteiger partial charge in [-0.3, -0.25) is 0 Å². The first kappa shape index (κ1) is 36.7. The summed E-state index contributed by atoms with van der Waals surface area (Å²) in [7, 11) is 0. The predicted octanol–water partition coefficient (Wildman–Crippen LogP) is 15.2. The van der Waals surface area contributed by atoms with Gasteiger partial charge in [-0.2, -0.15) is 0 Å². The molecule has 1 unspecified atom stereocenters. The van der Waals surface area contributed by atoms with Crippen LogP contribution in [0.4, 0.5) is 34.1 Å². The molecular formula is C50H56N2. The molecule has 0 aliphatic rings. The Labute approximate surface area is 313 Å². The molecule has 0 N–H and O–H groups in total. The van der Waals surface area contributed by atoms with E-state index in [2.05, 4.69) is 209 Å². The van der Waals surface area contributed by atoms with Gasteiger partial charge in [-0.15, -0.1) is 0 Å². The van der Waals surface area contributed by atoms with Crippen LogP contribution < -0.4 is 9.80 Å². The number of nitrogens with zero attached hydrogens (tertiary/aromatic N) is 2. The van der Waals surface area contributed by atoms with Crippen LogP contribution in [0.2, 0.25) is 0 Å². The lowest BCUT2D eigenvalue weighted by molar-refractivity contribution is 0.414. The van der Waals surface area contributed by atoms with Crippen molar-refractivity contribution in [1.82, 2.24) is 0 Å². The van der Waals surface area contributed by atoms with E-state index in [-0.39, 0.29) is 10.8 Å². The van der Waals surface area contributed by atoms with Gasteiger partial charge in [0.25, 0.3) is 0 Å². The highest BCUT2D eigenvalue weighted by molar-refractivity contribution is 5.80. The molecule has 0 radical (unpaired) electrons. The van der Waals surface area contributed by atoms with Gasteiger partial charge in [0.1, 0.15) is 0 Å². The van der Waals surface area contributed by atoms with Crippen LogP contribution in [0.1, 0.15) is 91.2 Å². The van der Waals surface area contributed by atoms with E-state index in [1.54, 1.807) is 0 Å². The van der Waals surface area contributed by atoms with Gasteiger partial charge in [0.15, 0.2) is 0 Å². The predicted molar refractivity (Wildman–Crippen MR) is 226 cm³/mol. The molecule has 0 aliphatic heterocycles. The Morgan fingerprint density at radius 1 is 0.346 bits per heavy atom. The molecule has 2 heteroatoms. The third-order valence-corrected chi connectivity index (χ3v) is 11.4. The van der Waals surface area contributed by atoms with Crippen LogP contribution in [-0.4, -0.2) is 0 Å². The smallest absolute Gasteiger partial charge is 0.0462 e. The van der Waals surface area contributed by atoms with Crippen molar-refractivity contribution in [1.29, 1.82) is 0 Å². The van der Waals surface area contributed by atoms with E-state index >= 15 is 0 Å². The zero-order valence-electron chi connectivity index (χ0n) is 32.1. The zero-order valence-corrected chi connectivity index (χ0v) is 32.1. The minimum atomic E-state index is 0.204. The van der Waals surface area contributed by atoms with Gasteiger partial charge >= 0.3 is 0 Å². The molecule has 0 amide bonds. The Hall–Kier alpha value is -5.08. The molecular weight excluding hydrogens is 629 g/mol. The van der Waals surface area contributed by atoms with E-state index in [0.717, 1.165) is 35.6 Å². The molecule has 0 heterocycles. The van der Waals surface area contributed by atoms with Crippen LogP contribution in [0, 0.1) is 0 Å². The van der Waals surface area contributed by atoms with Crippen molar-refractivity contribution in [3.63, 3.8) is 0 Å². The normalized spacial score (nSPS) is 13.6. The van der Waals surface area contributed by atoms with Crippen LogP contribution in [-0.2, 0) is 10.8 Å². The maximum Gasteiger partial charge on any atom is 0.0462 e. The van der Waals surface area contributed by atoms with Gasteiger partial charge in [-0.1, -0.05) is 139 Å². The molecule has 6 aromatic carbocycles. The molecule has 2 nitrogen and oxygen atoms in total. The summed E-state index contributed by atoms with van der Waals surface area (Å²) in [5.74, 6) is 0. The van der Waals surface area contributed by atoms with E-state index < -0.39 is 0 Å². The fourth-order valence-corrected chi connectivity index (χ4v) is 7.83. The second-order valence-electron chi connectivity index (χ2n) is 14.9. The number of benzene rings is 6. The summed E-state index contributed by atoms with van der Waals surface area (Å²) in [6.07, 6.45) is 7.05. The highest BCUT2D eigenvalue weighted by Crippen LogP contribution is 2.41. The van der Waals surface area contributed by atoms with Crippen LogP contribution in [0.15, 0.2) is 158 Å². The van der Waals surface area contributed by atoms with E-state index in [4.69, 9.17) is 0 Å². The Bertz CT molecular complexity index is 1820. The molecule has 6 aromatic rings. The number of hydrogen-bond acceptors (Lipinski definition) is 2. The van der Waals surface area contributed by atoms with Crippen molar-refractivity contribution < 1.29 is 0 Å². The molecule has 0 saturated heterocycles. The Balaban J connectivity index is 1.28. The number of rotatable bonds is 15. The molecule has 2 atom stereocenters. The lowest BCUT2D eigenvalue weighted by Gasteiger charge is -2.30. The molecule has 6 rings (SSSR count). The lowest BCUT2D eigenvalue weighted by Crippen LogP contribution is -2.20. The zero-order chi connectivity index (χ0) is 36.6. The van der Waals surface area contributed by atoms with Gasteiger partial charge in [0.05, 0.1) is 0 Å². The van der Waals surface area contributed by atoms with E-state index in [0.29, 0.717) is 0 Å². The maximum atomic E-state index is 2.40. The summed E-state index contributed by atoms with van der Waals surface area (Å²) in [5.41, 5.74) is 12.6. The van der Waals surface area contributed by atoms with E-state index in [1.807, 2.05) is 0 Å². The first-order valence-corrected chi connectivity index (χ1v) is 19.4. The monoisotopic (exact) mass is 684 g/mol. The third-order valence-electron chi connectivity index (χ3n) is 11.4. The number of anilines is 6. The van der Waals surface area contributed by atoms with Crippen molar-refractivity contribution >= 4 is 34.1 Å². The summed E-state index contributed by atoms with van der Waals surface area (Å²) in [4.78, 5) is 4.71. The minimum absolute atomic E-state index is 0.204. The lowest BCUT2D eigenvalue weighted by atomic mass is 9.76. The van der Waals surface area contributed by atoms with Crippen LogP contribution >= 0.6 is 0 Å². The van der Waals surface area contributed by atoms with Gasteiger partial charge < -0.3 is 9.80 Å². The quantitative estimate of drug-likeness (QED) is 0.106. The SMILES string of the molecule is CCCC(C)(CC)c1ccc(N(c2ccccc2)c2ccc(-c3ccc(N(c4ccccc4)c4ccc([C@@](C)(CC)CCC)cc4)cc3)cc2)cc1. The first-order valence-electron chi connectivity index (χ1n) is 19.4. The summed E-state index contributed by atoms with van der Waals surface area (Å²) in [5, 5.41) is 0. The highest BCUT2D eigenvalue weighted by atomic mass is 15.1. The second-order valence-corrected chi connectivity index (χ2v) is 14.9. The van der Waals surface area contributed by atoms with E-state index in [9.17, 15) is 0 Å². The van der Waals surface area contributed by atoms with Crippen molar-refractivity contribution in [3.05, 3.63) is 169 Å². The summed E-state index contributed by atoms with van der Waals surface area (Å²) < 4.78 is 0. The second kappa shape index (κ2) is 16.5. The van der Waals surface area contributed by atoms with Crippen LogP contribution in [0.5, 0.6) is 0 Å². The summed E-state index contributed by atoms with van der Waals surface area (Å²) >= 11 is 0. The molecule has 0 bridgehead atoms. The van der Waals surface area contributed by atoms with E-state index in [1.165, 1.54) is 59.3 Å². The molecule has 0 spiro atoms. The largest absolute Gasteiger partial charge is 0.311 e. The highest BCUT2D eigenvalue weighted by Gasteiger charge is 2.25. The van der Waals surface area contributed by atoms with Crippen molar-refractivity contribution in [2.45, 2.75) is 90.9 Å². The Morgan fingerprint density at radius 2 is 0.615 bits per heavy atom. The molecule has 52 heavy (non-hydrogen) atoms. The summed E-state index contributed by atoms with van der Waals surface area (Å²) in [6.45, 7) is 14.0. The van der Waals surface area contributed by atoms with Crippen molar-refractivity contribution in [2.75, 3.05) is 9.80 Å². The molecule has 266 valence electrons. The molecule has 0 fully saturated rings. The third kappa shape index (κ3) is 7.87. The van der Waals surface area contributed by atoms with Crippen LogP contribution in [0.25, 0.3) is 11.1 Å². The average Bonchev–Trinajstić information content (AvgIpc) is 3.20. The maximum absolute atomic E-state index is 2.40. The average molecular weight is 685 g/mol. The Kier molecular flexibility index (Phi) is 11.7. The minimum Gasteiger partial charge on any atom is -0.311 e. The molecule has 0 saturated carbocycles. The molecule has 0 aliphatic carbocycles. The number of hydrogen-bond donors (Lipinski definition) is 0. The standard InChI is InChI=1S/C50H56N2/c1-7-37-49(5,9-3)41-25-33-47(34-26-41)51(43-17-13-11-14-18-43)45-29-21-39(22-30-45)40-23-31-46(32-24-40)52(44-19-15-12-16-20-44)48-35-27-42(28-36-48)50(6,10-4)38-8-2/h11-36H,7-10,37-38H2,1-6H3/t49-,50?/m0/s1. The van der Waals surface area contributed by atoms with Gasteiger partial charge in [0, 0.05) is 34.1 Å². The van der Waals surface area contributed by atoms with Crippen molar-refractivity contribution in [3.8, 4) is 11.1 Å². The van der Waals surface area contributed by atoms with Gasteiger partial charge in [-0.05, 0) is 132 Å². The molecule has 0 aromatic heterocycles. The fraction of sp³-hybridized carbons (Fsp3) is 0.280. The van der Waals surface area contributed by atoms with Gasteiger partial charge in [0.2, 0.25) is 0 Å². The van der Waals surface area contributed by atoms with Crippen LogP contribution in [0.3, 0.4) is 0 Å². The Morgan fingerprint density at radius 3 is 0.885 bits per heavy atom. The topological polar surface area (TPSA) is 6.48 Å². The fourth-order valence-electron chi connectivity index (χ4n) is 7.83.